The first-order valence-corrected chi connectivity index (χ1v) is 10.1. The van der Waals surface area contributed by atoms with Crippen LogP contribution in [-0.4, -0.2) is 21.2 Å². The fraction of sp³-hybridized carbons (Fsp3) is 0.125. The Morgan fingerprint density at radius 3 is 2.49 bits per heavy atom. The summed E-state index contributed by atoms with van der Waals surface area (Å²) in [6, 6.07) is 11.3. The predicted molar refractivity (Wildman–Crippen MR) is 119 cm³/mol. The maximum absolute atomic E-state index is 13.4. The van der Waals surface area contributed by atoms with Gasteiger partial charge in [-0.3, -0.25) is 19.7 Å². The van der Waals surface area contributed by atoms with Gasteiger partial charge in [-0.25, -0.2) is 0 Å². The van der Waals surface area contributed by atoms with Gasteiger partial charge >= 0.3 is 6.18 Å². The van der Waals surface area contributed by atoms with Crippen molar-refractivity contribution < 1.29 is 27.7 Å². The zero-order valence-electron chi connectivity index (χ0n) is 18.2. The molecule has 0 unspecified atom stereocenters. The van der Waals surface area contributed by atoms with Crippen LogP contribution in [0.4, 0.5) is 24.5 Å². The molecule has 2 heterocycles. The SMILES string of the molecule is Cc1cc(C(=O)C(C#N)=C2C(=O)Nc3ccc([N+](=O)[O-])cc32)c(C)n1-c1cccc(C(F)(F)F)c1. The van der Waals surface area contributed by atoms with E-state index in [0.29, 0.717) is 5.69 Å². The Morgan fingerprint density at radius 2 is 1.86 bits per heavy atom. The van der Waals surface area contributed by atoms with E-state index in [4.69, 9.17) is 0 Å². The van der Waals surface area contributed by atoms with E-state index in [1.165, 1.54) is 41.8 Å². The molecule has 1 aliphatic heterocycles. The number of anilines is 1. The molecule has 8 nitrogen and oxygen atoms in total. The third-order valence-corrected chi connectivity index (χ3v) is 5.65. The lowest BCUT2D eigenvalue weighted by molar-refractivity contribution is -0.384. The van der Waals surface area contributed by atoms with Crippen molar-refractivity contribution in [3.63, 3.8) is 0 Å². The number of aromatic nitrogens is 1. The van der Waals surface area contributed by atoms with Gasteiger partial charge in [0.05, 0.1) is 16.1 Å². The van der Waals surface area contributed by atoms with Crippen LogP contribution < -0.4 is 5.32 Å². The first-order chi connectivity index (χ1) is 16.4. The number of nitriles is 1. The molecule has 0 saturated carbocycles. The predicted octanol–water partition coefficient (Wildman–Crippen LogP) is 5.13. The fourth-order valence-corrected chi connectivity index (χ4v) is 4.08. The van der Waals surface area contributed by atoms with Crippen LogP contribution >= 0.6 is 0 Å². The highest BCUT2D eigenvalue weighted by Gasteiger charge is 2.34. The standard InChI is InChI=1S/C24H15F3N4O4/c1-12-8-17(13(2)30(12)15-5-3-4-14(9-15)24(25,26)27)22(32)19(11-28)21-18-10-16(31(34)35)6-7-20(18)29-23(21)33/h3-10H,1-2H3,(H,29,33). The van der Waals surface area contributed by atoms with Gasteiger partial charge in [0.25, 0.3) is 11.6 Å². The summed E-state index contributed by atoms with van der Waals surface area (Å²) >= 11 is 0. The number of nitrogens with one attached hydrogen (secondary N) is 1. The average Bonchev–Trinajstić information content (AvgIpc) is 3.28. The molecule has 0 aliphatic carbocycles. The van der Waals surface area contributed by atoms with Crippen LogP contribution in [0.15, 0.2) is 54.1 Å². The summed E-state index contributed by atoms with van der Waals surface area (Å²) in [5.41, 5.74) is -0.911. The van der Waals surface area contributed by atoms with E-state index < -0.39 is 33.9 Å². The number of halogens is 3. The minimum absolute atomic E-state index is 0.00985. The summed E-state index contributed by atoms with van der Waals surface area (Å²) in [5, 5.41) is 23.4. The van der Waals surface area contributed by atoms with E-state index in [2.05, 4.69) is 5.32 Å². The number of aryl methyl sites for hydroxylation is 1. The van der Waals surface area contributed by atoms with Crippen molar-refractivity contribution in [2.24, 2.45) is 0 Å². The van der Waals surface area contributed by atoms with Gasteiger partial charge in [-0.05, 0) is 44.2 Å². The number of carbonyl (C=O) groups excluding carboxylic acids is 2. The molecule has 4 rings (SSSR count). The Kier molecular flexibility index (Phi) is 5.52. The van der Waals surface area contributed by atoms with Crippen LogP contribution in [0.1, 0.15) is 32.9 Å². The minimum Gasteiger partial charge on any atom is -0.321 e. The molecule has 35 heavy (non-hydrogen) atoms. The zero-order valence-corrected chi connectivity index (χ0v) is 18.2. The molecule has 1 amide bonds. The maximum Gasteiger partial charge on any atom is 0.416 e. The topological polar surface area (TPSA) is 118 Å². The number of fused-ring (bicyclic) bond motifs is 1. The van der Waals surface area contributed by atoms with Crippen LogP contribution in [0.2, 0.25) is 0 Å². The Hall–Kier alpha value is -4.72. The van der Waals surface area contributed by atoms with Crippen LogP contribution in [-0.2, 0) is 11.0 Å². The van der Waals surface area contributed by atoms with Crippen molar-refractivity contribution in [3.8, 4) is 11.8 Å². The third kappa shape index (κ3) is 3.95. The number of benzene rings is 2. The number of rotatable bonds is 4. The monoisotopic (exact) mass is 480 g/mol. The Balaban J connectivity index is 1.85. The van der Waals surface area contributed by atoms with Crippen LogP contribution in [0.3, 0.4) is 0 Å². The van der Waals surface area contributed by atoms with Crippen molar-refractivity contribution in [1.29, 1.82) is 5.26 Å². The summed E-state index contributed by atoms with van der Waals surface area (Å²) in [6.45, 7) is 3.10. The van der Waals surface area contributed by atoms with Crippen LogP contribution in [0, 0.1) is 35.3 Å². The molecule has 11 heteroatoms. The molecule has 0 saturated heterocycles. The quantitative estimate of drug-likeness (QED) is 0.183. The van der Waals surface area contributed by atoms with E-state index >= 15 is 0 Å². The number of allylic oxidation sites excluding steroid dienone is 1. The van der Waals surface area contributed by atoms with Gasteiger partial charge in [0, 0.05) is 46.0 Å². The van der Waals surface area contributed by atoms with Crippen molar-refractivity contribution in [3.05, 3.63) is 92.3 Å². The Bertz CT molecular complexity index is 1510. The number of amides is 1. The normalized spacial score (nSPS) is 14.2. The lowest BCUT2D eigenvalue weighted by atomic mass is 9.95. The minimum atomic E-state index is -4.56. The number of hydrogen-bond donors (Lipinski definition) is 1. The van der Waals surface area contributed by atoms with Crippen LogP contribution in [0.25, 0.3) is 11.3 Å². The molecular weight excluding hydrogens is 465 g/mol. The van der Waals surface area contributed by atoms with Gasteiger partial charge in [-0.1, -0.05) is 6.07 Å². The highest BCUT2D eigenvalue weighted by molar-refractivity contribution is 6.38. The Morgan fingerprint density at radius 1 is 1.14 bits per heavy atom. The highest BCUT2D eigenvalue weighted by Crippen LogP contribution is 2.38. The van der Waals surface area contributed by atoms with E-state index in [0.717, 1.165) is 18.2 Å². The molecule has 3 aromatic rings. The number of ketones is 1. The van der Waals surface area contributed by atoms with Crippen molar-refractivity contribution in [2.45, 2.75) is 20.0 Å². The summed E-state index contributed by atoms with van der Waals surface area (Å²) < 4.78 is 41.0. The molecule has 0 radical (unpaired) electrons. The number of alkyl halides is 3. The van der Waals surface area contributed by atoms with E-state index in [9.17, 15) is 38.1 Å². The summed E-state index contributed by atoms with van der Waals surface area (Å²) in [4.78, 5) is 36.5. The molecule has 1 aliphatic rings. The van der Waals surface area contributed by atoms with E-state index in [1.54, 1.807) is 13.0 Å². The summed E-state index contributed by atoms with van der Waals surface area (Å²) in [5.74, 6) is -1.60. The number of nitrogens with zero attached hydrogens (tertiary/aromatic N) is 3. The molecule has 0 bridgehead atoms. The molecule has 1 N–H and O–H groups in total. The second-order valence-electron chi connectivity index (χ2n) is 7.80. The zero-order chi connectivity index (χ0) is 25.7. The van der Waals surface area contributed by atoms with Crippen molar-refractivity contribution in [1.82, 2.24) is 4.57 Å². The molecular formula is C24H15F3N4O4. The van der Waals surface area contributed by atoms with Crippen molar-refractivity contribution >= 4 is 28.6 Å². The lowest BCUT2D eigenvalue weighted by Crippen LogP contribution is -2.12. The molecule has 0 fully saturated rings. The van der Waals surface area contributed by atoms with Crippen molar-refractivity contribution in [2.75, 3.05) is 5.32 Å². The largest absolute Gasteiger partial charge is 0.416 e. The molecule has 0 spiro atoms. The van der Waals surface area contributed by atoms with Gasteiger partial charge in [-0.2, -0.15) is 18.4 Å². The first kappa shape index (κ1) is 23.4. The van der Waals surface area contributed by atoms with Gasteiger partial charge in [-0.15, -0.1) is 0 Å². The Labute approximate surface area is 196 Å². The fourth-order valence-electron chi connectivity index (χ4n) is 4.08. The number of carbonyl (C=O) groups is 2. The highest BCUT2D eigenvalue weighted by atomic mass is 19.4. The van der Waals surface area contributed by atoms with Crippen LogP contribution in [0.5, 0.6) is 0 Å². The number of nitro groups is 1. The number of hydrogen-bond acceptors (Lipinski definition) is 5. The summed E-state index contributed by atoms with van der Waals surface area (Å²) in [6.07, 6.45) is -4.56. The van der Waals surface area contributed by atoms with Gasteiger partial charge in [0.15, 0.2) is 0 Å². The van der Waals surface area contributed by atoms with Gasteiger partial charge in [0.2, 0.25) is 5.78 Å². The molecule has 0 atom stereocenters. The van der Waals surface area contributed by atoms with Gasteiger partial charge < -0.3 is 9.88 Å². The van der Waals surface area contributed by atoms with Gasteiger partial charge in [0.1, 0.15) is 11.6 Å². The smallest absolute Gasteiger partial charge is 0.321 e. The second kappa shape index (κ2) is 8.25. The number of non-ortho nitro benzene ring substituents is 1. The lowest BCUT2D eigenvalue weighted by Gasteiger charge is -2.13. The molecule has 1 aromatic heterocycles. The average molecular weight is 480 g/mol. The van der Waals surface area contributed by atoms with E-state index in [1.807, 2.05) is 0 Å². The third-order valence-electron chi connectivity index (χ3n) is 5.65. The second-order valence-corrected chi connectivity index (χ2v) is 7.80. The first-order valence-electron chi connectivity index (χ1n) is 10.1. The summed E-state index contributed by atoms with van der Waals surface area (Å²) in [7, 11) is 0. The molecule has 176 valence electrons. The maximum atomic E-state index is 13.4. The number of Topliss-reactive ketones (excluding diaryl/α,β-unsaturated/α-hetero) is 1. The van der Waals surface area contributed by atoms with E-state index in [-0.39, 0.29) is 39.5 Å². The number of nitro benzene ring substituents is 1. The molecule has 2 aromatic carbocycles.